The van der Waals surface area contributed by atoms with Gasteiger partial charge in [0.2, 0.25) is 0 Å². The Balaban J connectivity index is 0.00000211. The predicted molar refractivity (Wildman–Crippen MR) is 98.4 cm³/mol. The molecule has 0 aliphatic carbocycles. The number of aliphatic imine (C=N–C) groups is 1. The summed E-state index contributed by atoms with van der Waals surface area (Å²) in [6, 6.07) is 5.71. The zero-order valence-corrected chi connectivity index (χ0v) is 16.8. The summed E-state index contributed by atoms with van der Waals surface area (Å²) in [7, 11) is 4.49. The van der Waals surface area contributed by atoms with Gasteiger partial charge in [0.1, 0.15) is 4.99 Å². The standard InChI is InChI=1S/C15H23N3S2.ClH.Pd/c1-3-5-10-16-14(19)12-8-7-9-13(18-12)15(20)17-11-6-4-2;;/h7-9H,3-6,10-11H2,1-2H3,(H,16,19)(H,17,20);1H;/q;;+2/p-2. The third-order valence-corrected chi connectivity index (χ3v) is 3.48. The topological polar surface area (TPSA) is 37.3 Å². The van der Waals surface area contributed by atoms with Crippen molar-refractivity contribution in [1.82, 2.24) is 10.3 Å². The SMILES string of the molecule is CCCCN=C([S-])c1cccc(C(=S)NCCCC)n1.[Cl][Pd+]. The summed E-state index contributed by atoms with van der Waals surface area (Å²) in [5.74, 6) is 0. The van der Waals surface area contributed by atoms with Crippen molar-refractivity contribution in [2.24, 2.45) is 4.99 Å². The summed E-state index contributed by atoms with van der Waals surface area (Å²) in [5, 5.41) is 3.78. The summed E-state index contributed by atoms with van der Waals surface area (Å²) in [6.07, 6.45) is 4.41. The molecule has 0 aliphatic heterocycles. The molecule has 126 valence electrons. The molecule has 0 fully saturated rings. The van der Waals surface area contributed by atoms with Crippen LogP contribution in [0.4, 0.5) is 0 Å². The van der Waals surface area contributed by atoms with E-state index in [1.54, 1.807) is 0 Å². The van der Waals surface area contributed by atoms with E-state index in [4.69, 9.17) is 24.8 Å². The van der Waals surface area contributed by atoms with Crippen molar-refractivity contribution >= 4 is 44.4 Å². The predicted octanol–water partition coefficient (Wildman–Crippen LogP) is 3.93. The van der Waals surface area contributed by atoms with Gasteiger partial charge in [0.25, 0.3) is 0 Å². The van der Waals surface area contributed by atoms with Crippen LogP contribution in [0.2, 0.25) is 0 Å². The maximum absolute atomic E-state index is 5.34. The summed E-state index contributed by atoms with van der Waals surface area (Å²) in [4.78, 5) is 9.53. The van der Waals surface area contributed by atoms with Crippen LogP contribution in [0.1, 0.15) is 50.9 Å². The molecule has 1 rings (SSSR count). The van der Waals surface area contributed by atoms with Crippen molar-refractivity contribution in [3.63, 3.8) is 0 Å². The summed E-state index contributed by atoms with van der Waals surface area (Å²) >= 11 is 12.9. The monoisotopic (exact) mass is 449 g/mol. The number of thiocarbonyl (C=S) groups is 1. The normalized spacial score (nSPS) is 10.7. The Labute approximate surface area is 159 Å². The molecule has 7 heteroatoms. The Bertz CT molecular complexity index is 470. The van der Waals surface area contributed by atoms with Gasteiger partial charge in [-0.15, -0.1) is 0 Å². The van der Waals surface area contributed by atoms with Crippen molar-refractivity contribution in [3.8, 4) is 0 Å². The first-order valence-corrected chi connectivity index (χ1v) is 10.1. The van der Waals surface area contributed by atoms with E-state index in [9.17, 15) is 0 Å². The van der Waals surface area contributed by atoms with E-state index in [2.05, 4.69) is 56.9 Å². The quantitative estimate of drug-likeness (QED) is 0.163. The Morgan fingerprint density at radius 2 is 1.91 bits per heavy atom. The Morgan fingerprint density at radius 3 is 2.55 bits per heavy atom. The van der Waals surface area contributed by atoms with E-state index in [1.165, 1.54) is 0 Å². The first-order valence-electron chi connectivity index (χ1n) is 7.28. The van der Waals surface area contributed by atoms with Crippen LogP contribution in [0.5, 0.6) is 0 Å². The van der Waals surface area contributed by atoms with Crippen LogP contribution in [0.15, 0.2) is 23.2 Å². The number of nitrogens with one attached hydrogen (secondary N) is 1. The van der Waals surface area contributed by atoms with Gasteiger partial charge in [-0.05, 0) is 25.0 Å². The fraction of sp³-hybridized carbons (Fsp3) is 0.533. The first-order chi connectivity index (χ1) is 10.7. The van der Waals surface area contributed by atoms with Crippen LogP contribution >= 0.6 is 21.7 Å². The molecule has 0 atom stereocenters. The molecule has 0 aromatic carbocycles. The van der Waals surface area contributed by atoms with Gasteiger partial charge >= 0.3 is 27.7 Å². The fourth-order valence-electron chi connectivity index (χ4n) is 1.57. The molecule has 1 aromatic rings. The summed E-state index contributed by atoms with van der Waals surface area (Å²) in [6.45, 7) is 5.94. The third kappa shape index (κ3) is 9.12. The number of hydrogen-bond acceptors (Lipinski definition) is 4. The molecule has 0 saturated carbocycles. The van der Waals surface area contributed by atoms with Gasteiger partial charge < -0.3 is 22.9 Å². The number of hydrogen-bond donors (Lipinski definition) is 1. The Kier molecular flexibility index (Phi) is 14.4. The average Bonchev–Trinajstić information content (AvgIpc) is 2.57. The van der Waals surface area contributed by atoms with Gasteiger partial charge in [0.05, 0.1) is 11.4 Å². The molecule has 0 radical (unpaired) electrons. The van der Waals surface area contributed by atoms with Crippen LogP contribution in [-0.2, 0) is 30.8 Å². The molecule has 22 heavy (non-hydrogen) atoms. The van der Waals surface area contributed by atoms with Crippen molar-refractivity contribution in [1.29, 1.82) is 0 Å². The average molecular weight is 450 g/mol. The summed E-state index contributed by atoms with van der Waals surface area (Å²) in [5.41, 5.74) is 1.50. The molecule has 0 unspecified atom stereocenters. The second kappa shape index (κ2) is 14.5. The molecule has 3 nitrogen and oxygen atoms in total. The van der Waals surface area contributed by atoms with Crippen LogP contribution in [0, 0.1) is 0 Å². The molecule has 1 N–H and O–H groups in total. The van der Waals surface area contributed by atoms with E-state index >= 15 is 0 Å². The van der Waals surface area contributed by atoms with Crippen LogP contribution in [-0.4, -0.2) is 28.1 Å². The Morgan fingerprint density at radius 1 is 1.27 bits per heavy atom. The second-order valence-electron chi connectivity index (χ2n) is 4.56. The molecule has 0 amide bonds. The van der Waals surface area contributed by atoms with Gasteiger partial charge in [0, 0.05) is 13.1 Å². The number of nitrogens with zero attached hydrogens (tertiary/aromatic N) is 2. The molecule has 1 aromatic heterocycles. The number of halogens is 1. The van der Waals surface area contributed by atoms with Crippen molar-refractivity contribution in [3.05, 3.63) is 29.6 Å². The van der Waals surface area contributed by atoms with Crippen LogP contribution in [0.3, 0.4) is 0 Å². The fourth-order valence-corrected chi connectivity index (χ4v) is 1.99. The van der Waals surface area contributed by atoms with Gasteiger partial charge in [-0.3, -0.25) is 0 Å². The van der Waals surface area contributed by atoms with Crippen LogP contribution < -0.4 is 5.32 Å². The zero-order chi connectivity index (χ0) is 16.8. The van der Waals surface area contributed by atoms with Gasteiger partial charge in [0.15, 0.2) is 0 Å². The van der Waals surface area contributed by atoms with Gasteiger partial charge in [-0.1, -0.05) is 50.0 Å². The van der Waals surface area contributed by atoms with Crippen molar-refractivity contribution in [2.45, 2.75) is 39.5 Å². The van der Waals surface area contributed by atoms with Gasteiger partial charge in [-0.2, -0.15) is 0 Å². The number of pyridine rings is 1. The number of aromatic nitrogens is 1. The zero-order valence-electron chi connectivity index (χ0n) is 12.9. The molecular formula is C15H22ClN3PdS2. The summed E-state index contributed by atoms with van der Waals surface area (Å²) < 4.78 is 0. The molecule has 0 bridgehead atoms. The van der Waals surface area contributed by atoms with Crippen molar-refractivity contribution in [2.75, 3.05) is 13.1 Å². The molecule has 0 spiro atoms. The van der Waals surface area contributed by atoms with E-state index < -0.39 is 0 Å². The minimum atomic E-state index is 0.566. The van der Waals surface area contributed by atoms with Crippen LogP contribution in [0.25, 0.3) is 0 Å². The number of rotatable bonds is 8. The van der Waals surface area contributed by atoms with Crippen molar-refractivity contribution < 1.29 is 18.2 Å². The Hall–Kier alpha value is -0.118. The van der Waals surface area contributed by atoms with E-state index in [1.807, 2.05) is 18.2 Å². The minimum absolute atomic E-state index is 0.566. The molecule has 0 saturated heterocycles. The van der Waals surface area contributed by atoms with E-state index in [0.717, 1.165) is 50.2 Å². The molecule has 0 aliphatic rings. The second-order valence-corrected chi connectivity index (χ2v) is 5.35. The van der Waals surface area contributed by atoms with E-state index in [-0.39, 0.29) is 0 Å². The third-order valence-electron chi connectivity index (χ3n) is 2.78. The maximum atomic E-state index is 5.34. The number of unbranched alkanes of at least 4 members (excludes halogenated alkanes) is 2. The first kappa shape index (κ1) is 21.9. The molecule has 1 heterocycles. The van der Waals surface area contributed by atoms with Gasteiger partial charge in [-0.25, -0.2) is 4.98 Å². The molecular weight excluding hydrogens is 428 g/mol. The van der Waals surface area contributed by atoms with E-state index in [0.29, 0.717) is 10.0 Å².